The fourth-order valence-electron chi connectivity index (χ4n) is 4.50. The molecule has 0 aromatic heterocycles. The Kier molecular flexibility index (Phi) is 4.90. The molecular formula is C21H20ClF3N2O3. The number of carbonyl (C=O) groups excluding carboxylic acids is 1. The van der Waals surface area contributed by atoms with E-state index in [4.69, 9.17) is 11.6 Å². The second-order valence-corrected chi connectivity index (χ2v) is 8.17. The lowest BCUT2D eigenvalue weighted by Gasteiger charge is -2.46. The predicted molar refractivity (Wildman–Crippen MR) is 107 cm³/mol. The maximum absolute atomic E-state index is 14.2. The molecule has 160 valence electrons. The summed E-state index contributed by atoms with van der Waals surface area (Å²) in [4.78, 5) is 11.8. The number of aromatic hydroxyl groups is 1. The lowest BCUT2D eigenvalue weighted by molar-refractivity contribution is -0.272. The maximum Gasteiger partial charge on any atom is 0.419 e. The molecule has 4 rings (SSSR count). The Morgan fingerprint density at radius 1 is 1.30 bits per heavy atom. The number of benzene rings is 2. The molecule has 1 amide bonds. The number of rotatable bonds is 3. The first-order valence-electron chi connectivity index (χ1n) is 9.55. The van der Waals surface area contributed by atoms with Crippen molar-refractivity contribution in [2.24, 2.45) is 0 Å². The minimum Gasteiger partial charge on any atom is -0.506 e. The predicted octanol–water partition coefficient (Wildman–Crippen LogP) is 4.88. The smallest absolute Gasteiger partial charge is 0.419 e. The van der Waals surface area contributed by atoms with E-state index in [0.717, 1.165) is 0 Å². The van der Waals surface area contributed by atoms with Crippen molar-refractivity contribution in [1.82, 2.24) is 0 Å². The Balaban J connectivity index is 1.89. The first-order chi connectivity index (χ1) is 14.1. The topological polar surface area (TPSA) is 81.6 Å². The van der Waals surface area contributed by atoms with Crippen molar-refractivity contribution in [3.05, 3.63) is 52.0 Å². The van der Waals surface area contributed by atoms with Crippen LogP contribution in [-0.2, 0) is 11.2 Å². The van der Waals surface area contributed by atoms with Crippen LogP contribution in [0.4, 0.5) is 24.5 Å². The van der Waals surface area contributed by atoms with Gasteiger partial charge in [0.05, 0.1) is 17.5 Å². The van der Waals surface area contributed by atoms with Gasteiger partial charge >= 0.3 is 6.18 Å². The number of phenolic OH excluding ortho intramolecular Hbond substituents is 1. The van der Waals surface area contributed by atoms with Gasteiger partial charge in [-0.25, -0.2) is 0 Å². The summed E-state index contributed by atoms with van der Waals surface area (Å²) in [5.41, 5.74) is -1.29. The third kappa shape index (κ3) is 3.09. The Morgan fingerprint density at radius 3 is 2.70 bits per heavy atom. The van der Waals surface area contributed by atoms with Crippen molar-refractivity contribution in [2.45, 2.75) is 49.9 Å². The molecule has 4 N–H and O–H groups in total. The van der Waals surface area contributed by atoms with Crippen LogP contribution in [0.3, 0.4) is 0 Å². The van der Waals surface area contributed by atoms with Gasteiger partial charge in [-0.15, -0.1) is 0 Å². The zero-order valence-electron chi connectivity index (χ0n) is 16.0. The van der Waals surface area contributed by atoms with Crippen LogP contribution < -0.4 is 10.6 Å². The van der Waals surface area contributed by atoms with Crippen LogP contribution in [0.25, 0.3) is 0 Å². The molecule has 0 unspecified atom stereocenters. The maximum atomic E-state index is 14.2. The van der Waals surface area contributed by atoms with Crippen molar-refractivity contribution in [3.8, 4) is 5.75 Å². The van der Waals surface area contributed by atoms with Gasteiger partial charge in [-0.05, 0) is 42.5 Å². The summed E-state index contributed by atoms with van der Waals surface area (Å²) in [6.07, 6.45) is -5.26. The number of anilines is 2. The molecule has 0 spiro atoms. The number of aliphatic hydroxyl groups is 1. The summed E-state index contributed by atoms with van der Waals surface area (Å²) in [5, 5.41) is 27.0. The van der Waals surface area contributed by atoms with Gasteiger partial charge in [0.25, 0.3) is 0 Å². The highest BCUT2D eigenvalue weighted by atomic mass is 35.5. The summed E-state index contributed by atoms with van der Waals surface area (Å²) in [5.74, 6) is -1.26. The molecular weight excluding hydrogens is 421 g/mol. The van der Waals surface area contributed by atoms with Gasteiger partial charge in [0.1, 0.15) is 5.75 Å². The largest absolute Gasteiger partial charge is 0.506 e. The quantitative estimate of drug-likeness (QED) is 0.548. The van der Waals surface area contributed by atoms with Crippen LogP contribution in [0, 0.1) is 0 Å². The number of nitrogens with one attached hydrogen (secondary N) is 2. The van der Waals surface area contributed by atoms with E-state index < -0.39 is 30.2 Å². The molecule has 1 heterocycles. The van der Waals surface area contributed by atoms with Crippen molar-refractivity contribution in [2.75, 3.05) is 10.6 Å². The van der Waals surface area contributed by atoms with E-state index in [0.29, 0.717) is 22.5 Å². The fourth-order valence-corrected chi connectivity index (χ4v) is 4.66. The summed E-state index contributed by atoms with van der Waals surface area (Å²) in [7, 11) is 0. The van der Waals surface area contributed by atoms with E-state index in [1.807, 2.05) is 0 Å². The second-order valence-electron chi connectivity index (χ2n) is 7.76. The molecule has 3 atom stereocenters. The number of hydrogen-bond donors (Lipinski definition) is 4. The highest BCUT2D eigenvalue weighted by Gasteiger charge is 2.62. The number of amides is 1. The minimum atomic E-state index is -4.93. The zero-order valence-corrected chi connectivity index (χ0v) is 16.7. The molecule has 0 radical (unpaired) electrons. The summed E-state index contributed by atoms with van der Waals surface area (Å²) in [6.45, 7) is 1.70. The van der Waals surface area contributed by atoms with Crippen LogP contribution in [0.1, 0.15) is 48.4 Å². The molecule has 1 aliphatic carbocycles. The van der Waals surface area contributed by atoms with Gasteiger partial charge in [-0.2, -0.15) is 13.2 Å². The van der Waals surface area contributed by atoms with E-state index in [2.05, 4.69) is 10.6 Å². The van der Waals surface area contributed by atoms with Crippen molar-refractivity contribution in [3.63, 3.8) is 0 Å². The molecule has 0 saturated heterocycles. The molecule has 30 heavy (non-hydrogen) atoms. The van der Waals surface area contributed by atoms with Crippen LogP contribution in [0.15, 0.2) is 30.3 Å². The van der Waals surface area contributed by atoms with Crippen LogP contribution in [-0.4, -0.2) is 27.9 Å². The summed E-state index contributed by atoms with van der Waals surface area (Å²) >= 11 is 6.03. The Morgan fingerprint density at radius 2 is 2.03 bits per heavy atom. The van der Waals surface area contributed by atoms with Gasteiger partial charge in [0, 0.05) is 22.5 Å². The van der Waals surface area contributed by atoms with Gasteiger partial charge < -0.3 is 20.8 Å². The lowest BCUT2D eigenvalue weighted by Crippen LogP contribution is -2.55. The average molecular weight is 441 g/mol. The average Bonchev–Trinajstić information content (AvgIpc) is 3.06. The van der Waals surface area contributed by atoms with E-state index in [-0.39, 0.29) is 35.1 Å². The van der Waals surface area contributed by atoms with Gasteiger partial charge in [0.15, 0.2) is 5.60 Å². The summed E-state index contributed by atoms with van der Waals surface area (Å²) < 4.78 is 42.5. The number of halogens is 4. The van der Waals surface area contributed by atoms with Crippen molar-refractivity contribution < 1.29 is 28.2 Å². The first-order valence-corrected chi connectivity index (χ1v) is 9.93. The number of phenols is 1. The van der Waals surface area contributed by atoms with Gasteiger partial charge in [0.2, 0.25) is 5.91 Å². The normalized spacial score (nSPS) is 25.5. The number of fused-ring (bicyclic) bond motifs is 2. The number of alkyl halides is 3. The van der Waals surface area contributed by atoms with Gasteiger partial charge in [-0.3, -0.25) is 4.79 Å². The SMILES string of the molecule is CC[C@@H]1C[C@@](O)(C(F)(F)F)[C@@H](Nc2cccc3c2CC(=O)N3)c2ccc(Cl)c(O)c21. The molecule has 2 aliphatic rings. The molecule has 0 bridgehead atoms. The molecule has 5 nitrogen and oxygen atoms in total. The van der Waals surface area contributed by atoms with Crippen molar-refractivity contribution >= 4 is 28.9 Å². The third-order valence-electron chi connectivity index (χ3n) is 6.03. The highest BCUT2D eigenvalue weighted by molar-refractivity contribution is 6.32. The second kappa shape index (κ2) is 7.06. The van der Waals surface area contributed by atoms with E-state index >= 15 is 0 Å². The van der Waals surface area contributed by atoms with E-state index in [1.54, 1.807) is 25.1 Å². The Hall–Kier alpha value is -2.45. The first kappa shape index (κ1) is 20.8. The number of hydrogen-bond acceptors (Lipinski definition) is 4. The molecule has 1 aliphatic heterocycles. The van der Waals surface area contributed by atoms with Crippen LogP contribution >= 0.6 is 11.6 Å². The lowest BCUT2D eigenvalue weighted by atomic mass is 9.69. The van der Waals surface area contributed by atoms with Gasteiger partial charge in [-0.1, -0.05) is 30.7 Å². The summed E-state index contributed by atoms with van der Waals surface area (Å²) in [6, 6.07) is 5.96. The molecule has 2 aromatic carbocycles. The van der Waals surface area contributed by atoms with E-state index in [9.17, 15) is 28.2 Å². The Labute approximate surface area is 175 Å². The molecule has 9 heteroatoms. The monoisotopic (exact) mass is 440 g/mol. The number of carbonyl (C=O) groups is 1. The molecule has 2 aromatic rings. The fraction of sp³-hybridized carbons (Fsp3) is 0.381. The van der Waals surface area contributed by atoms with Crippen LogP contribution in [0.5, 0.6) is 5.75 Å². The zero-order chi connectivity index (χ0) is 21.8. The third-order valence-corrected chi connectivity index (χ3v) is 6.33. The molecule has 0 fully saturated rings. The minimum absolute atomic E-state index is 0.0198. The van der Waals surface area contributed by atoms with E-state index in [1.165, 1.54) is 12.1 Å². The highest BCUT2D eigenvalue weighted by Crippen LogP contribution is 2.56. The standard InChI is InChI=1S/C21H20ClF3N2O3/c1-2-10-9-20(30,21(23,24)25)19(11-6-7-13(22)18(29)17(10)11)27-15-5-3-4-14-12(15)8-16(28)26-14/h3-7,10,19,27,29-30H,2,8-9H2,1H3,(H,26,28)/t10-,19+,20+/m1/s1. The molecule has 0 saturated carbocycles. The van der Waals surface area contributed by atoms with Crippen molar-refractivity contribution in [1.29, 1.82) is 0 Å². The van der Waals surface area contributed by atoms with Crippen LogP contribution in [0.2, 0.25) is 5.02 Å². The Bertz CT molecular complexity index is 1030.